The van der Waals surface area contributed by atoms with Gasteiger partial charge >= 0.3 is 0 Å². The van der Waals surface area contributed by atoms with Crippen LogP contribution in [0, 0.1) is 36.5 Å². The lowest BCUT2D eigenvalue weighted by Crippen LogP contribution is -2.09. The summed E-state index contributed by atoms with van der Waals surface area (Å²) in [6, 6.07) is 77.6. The Balaban J connectivity index is 1.34. The Labute approximate surface area is 389 Å². The first kappa shape index (κ1) is 40.6. The summed E-state index contributed by atoms with van der Waals surface area (Å²) in [5.41, 5.74) is 16.6. The summed E-state index contributed by atoms with van der Waals surface area (Å²) in [5.74, 6) is 0.378. The average molecular weight is 856 g/mol. The van der Waals surface area contributed by atoms with Crippen LogP contribution in [0.2, 0.25) is 0 Å². The zero-order valence-electron chi connectivity index (χ0n) is 36.9. The first-order valence-corrected chi connectivity index (χ1v) is 22.4. The van der Waals surface area contributed by atoms with Crippen LogP contribution in [-0.4, -0.2) is 14.5 Å². The van der Waals surface area contributed by atoms with Gasteiger partial charge < -0.3 is 4.57 Å². The maximum atomic E-state index is 11.8. The van der Waals surface area contributed by atoms with Crippen molar-refractivity contribution >= 4 is 21.8 Å². The first-order valence-electron chi connectivity index (χ1n) is 22.4. The van der Waals surface area contributed by atoms with E-state index in [4.69, 9.17) is 9.97 Å². The van der Waals surface area contributed by atoms with Crippen molar-refractivity contribution in [1.29, 1.82) is 10.5 Å². The molecule has 0 aliphatic rings. The number of rotatable bonds is 8. The smallest absolute Gasteiger partial charge is 0.162 e. The largest absolute Gasteiger partial charge is 0.307 e. The number of hydrogen-bond acceptors (Lipinski definition) is 4. The number of hydrogen-bond donors (Lipinski definition) is 0. The van der Waals surface area contributed by atoms with Crippen molar-refractivity contribution in [3.8, 4) is 96.2 Å². The van der Waals surface area contributed by atoms with Gasteiger partial charge in [-0.3, -0.25) is 0 Å². The van der Waals surface area contributed by atoms with Gasteiger partial charge in [0.1, 0.15) is 12.1 Å². The molecule has 314 valence electrons. The van der Waals surface area contributed by atoms with Crippen molar-refractivity contribution in [1.82, 2.24) is 14.5 Å². The average Bonchev–Trinajstić information content (AvgIpc) is 3.71. The molecule has 0 unspecified atom stereocenters. The quantitative estimate of drug-likeness (QED) is 0.152. The highest BCUT2D eigenvalue weighted by atomic mass is 15.0. The van der Waals surface area contributed by atoms with Crippen LogP contribution in [-0.2, 0) is 0 Å². The van der Waals surface area contributed by atoms with E-state index in [-0.39, 0.29) is 0 Å². The van der Waals surface area contributed by atoms with Gasteiger partial charge in [-0.05, 0) is 88.7 Å². The molecule has 9 aromatic carbocycles. The summed E-state index contributed by atoms with van der Waals surface area (Å²) < 4.78 is 2.24. The van der Waals surface area contributed by atoms with Gasteiger partial charge in [0.2, 0.25) is 0 Å². The third kappa shape index (κ3) is 7.13. The summed E-state index contributed by atoms with van der Waals surface area (Å²) in [5, 5.41) is 25.5. The highest BCUT2D eigenvalue weighted by molar-refractivity contribution is 6.13. The molecule has 0 N–H and O–H groups in total. The Hall–Kier alpha value is -9.16. The molecule has 2 aromatic heterocycles. The molecule has 0 aliphatic heterocycles. The topological polar surface area (TPSA) is 78.3 Å². The van der Waals surface area contributed by atoms with Gasteiger partial charge in [-0.2, -0.15) is 10.5 Å². The van der Waals surface area contributed by atoms with Crippen LogP contribution < -0.4 is 0 Å². The molecule has 0 spiro atoms. The van der Waals surface area contributed by atoms with Gasteiger partial charge in [0.05, 0.1) is 39.2 Å². The summed E-state index contributed by atoms with van der Waals surface area (Å²) in [6.45, 7) is 4.29. The van der Waals surface area contributed by atoms with E-state index in [0.29, 0.717) is 50.7 Å². The molecular weight excluding hydrogens is 815 g/mol. The Morgan fingerprint density at radius 1 is 0.373 bits per heavy atom. The van der Waals surface area contributed by atoms with E-state index in [1.54, 1.807) is 0 Å². The van der Waals surface area contributed by atoms with Gasteiger partial charge in [-0.25, -0.2) is 9.97 Å². The van der Waals surface area contributed by atoms with Crippen molar-refractivity contribution in [2.24, 2.45) is 0 Å². The molecular formula is C62H41N5. The van der Waals surface area contributed by atoms with Crippen molar-refractivity contribution in [2.75, 3.05) is 0 Å². The Kier molecular flexibility index (Phi) is 10.4. The molecule has 0 fully saturated rings. The SMILES string of the molecule is Cc1ccccc1-c1ccc2c(c1)c1cc(-c3ccccc3C)ccc1n2-c1c(C#N)c(-c2ccccc2)c(C#N)c(-c2nc(-c3ccccc3)cc(-c3ccccc3)n2)c1-c1ccccc1. The molecule has 5 heteroatoms. The van der Waals surface area contributed by atoms with Crippen LogP contribution in [0.3, 0.4) is 0 Å². The van der Waals surface area contributed by atoms with E-state index in [0.717, 1.165) is 66.3 Å². The third-order valence-electron chi connectivity index (χ3n) is 12.8. The second-order valence-corrected chi connectivity index (χ2v) is 16.8. The fourth-order valence-electron chi connectivity index (χ4n) is 9.65. The summed E-state index contributed by atoms with van der Waals surface area (Å²) >= 11 is 0. The third-order valence-corrected chi connectivity index (χ3v) is 12.8. The lowest BCUT2D eigenvalue weighted by Gasteiger charge is -2.24. The van der Waals surface area contributed by atoms with E-state index in [9.17, 15) is 10.5 Å². The van der Waals surface area contributed by atoms with Crippen LogP contribution in [0.4, 0.5) is 0 Å². The number of fused-ring (bicyclic) bond motifs is 3. The summed E-state index contributed by atoms with van der Waals surface area (Å²) in [6.07, 6.45) is 0. The van der Waals surface area contributed by atoms with Crippen molar-refractivity contribution in [3.05, 3.63) is 235 Å². The van der Waals surface area contributed by atoms with Crippen LogP contribution in [0.25, 0.3) is 106 Å². The van der Waals surface area contributed by atoms with Crippen LogP contribution in [0.5, 0.6) is 0 Å². The second kappa shape index (κ2) is 17.1. The molecule has 0 saturated carbocycles. The van der Waals surface area contributed by atoms with Crippen LogP contribution in [0.1, 0.15) is 22.3 Å². The lowest BCUT2D eigenvalue weighted by atomic mass is 9.83. The minimum atomic E-state index is 0.319. The summed E-state index contributed by atoms with van der Waals surface area (Å²) in [7, 11) is 0. The van der Waals surface area contributed by atoms with E-state index in [1.807, 2.05) is 127 Å². The van der Waals surface area contributed by atoms with Gasteiger partial charge in [-0.15, -0.1) is 0 Å². The molecule has 0 bridgehead atoms. The lowest BCUT2D eigenvalue weighted by molar-refractivity contribution is 1.15. The molecule has 0 aliphatic carbocycles. The van der Waals surface area contributed by atoms with Gasteiger partial charge in [0, 0.05) is 38.6 Å². The normalized spacial score (nSPS) is 11.1. The molecule has 0 atom stereocenters. The second-order valence-electron chi connectivity index (χ2n) is 16.8. The van der Waals surface area contributed by atoms with Gasteiger partial charge in [0.25, 0.3) is 0 Å². The Morgan fingerprint density at radius 2 is 0.776 bits per heavy atom. The monoisotopic (exact) mass is 855 g/mol. The maximum absolute atomic E-state index is 11.8. The zero-order chi connectivity index (χ0) is 45.4. The first-order chi connectivity index (χ1) is 33.0. The number of nitriles is 2. The number of nitrogens with zero attached hydrogens (tertiary/aromatic N) is 5. The van der Waals surface area contributed by atoms with E-state index < -0.39 is 0 Å². The molecule has 67 heavy (non-hydrogen) atoms. The van der Waals surface area contributed by atoms with Crippen LogP contribution in [0.15, 0.2) is 212 Å². The highest BCUT2D eigenvalue weighted by Crippen LogP contribution is 2.49. The number of aryl methyl sites for hydroxylation is 2. The van der Waals surface area contributed by atoms with E-state index in [1.165, 1.54) is 11.1 Å². The molecule has 2 heterocycles. The van der Waals surface area contributed by atoms with E-state index in [2.05, 4.69) is 115 Å². The minimum Gasteiger partial charge on any atom is -0.307 e. The maximum Gasteiger partial charge on any atom is 0.162 e. The molecule has 0 amide bonds. The Bertz CT molecular complexity index is 3610. The molecule has 0 saturated heterocycles. The van der Waals surface area contributed by atoms with Crippen molar-refractivity contribution in [3.63, 3.8) is 0 Å². The predicted molar refractivity (Wildman–Crippen MR) is 273 cm³/mol. The van der Waals surface area contributed by atoms with Crippen molar-refractivity contribution < 1.29 is 0 Å². The predicted octanol–water partition coefficient (Wildman–Crippen LogP) is 15.6. The van der Waals surface area contributed by atoms with Gasteiger partial charge in [0.15, 0.2) is 5.82 Å². The minimum absolute atomic E-state index is 0.319. The fourth-order valence-corrected chi connectivity index (χ4v) is 9.65. The number of benzene rings is 9. The zero-order valence-corrected chi connectivity index (χ0v) is 36.9. The van der Waals surface area contributed by atoms with Crippen molar-refractivity contribution in [2.45, 2.75) is 13.8 Å². The van der Waals surface area contributed by atoms with E-state index >= 15 is 0 Å². The fraction of sp³-hybridized carbons (Fsp3) is 0.0323. The van der Waals surface area contributed by atoms with Gasteiger partial charge in [-0.1, -0.05) is 182 Å². The Morgan fingerprint density at radius 3 is 1.21 bits per heavy atom. The number of aromatic nitrogens is 3. The molecule has 5 nitrogen and oxygen atoms in total. The molecule has 0 radical (unpaired) electrons. The highest BCUT2D eigenvalue weighted by Gasteiger charge is 2.31. The molecule has 11 rings (SSSR count). The van der Waals surface area contributed by atoms with Crippen LogP contribution >= 0.6 is 0 Å². The molecule has 11 aromatic rings. The summed E-state index contributed by atoms with van der Waals surface area (Å²) in [4.78, 5) is 10.8. The standard InChI is InChI=1S/C62H41N5/c1-40-19-15-17-29-48(40)46-31-33-56-50(35-46)51-36-47(49-30-18-16-20-41(49)2)32-34-57(51)67(56)61-53(39-64)58(44-25-11-5-12-26-44)52(38-63)60(59(61)45-27-13-6-14-28-45)62-65-54(42-21-7-3-8-22-42)37-55(66-62)43-23-9-4-10-24-43/h3-37H,1-2H3.